The number of pyridine rings is 1. The van der Waals surface area contributed by atoms with Crippen LogP contribution in [-0.2, 0) is 6.54 Å². The summed E-state index contributed by atoms with van der Waals surface area (Å²) < 4.78 is 18.7. The van der Waals surface area contributed by atoms with Crippen molar-refractivity contribution >= 4 is 5.91 Å². The standard InChI is InChI=1S/C18H20FN3O2/c1-24-17-7-6-13(10-20-17)11-22-9-8-14(12-22)21-18(23)15-4-2-3-5-16(15)19/h2-7,10,14H,8-9,11-12H2,1H3,(H,21,23)/t14-/m1/s1. The number of rotatable bonds is 5. The molecule has 0 unspecified atom stereocenters. The molecule has 1 amide bonds. The molecule has 1 atom stereocenters. The van der Waals surface area contributed by atoms with Gasteiger partial charge < -0.3 is 10.1 Å². The van der Waals surface area contributed by atoms with Crippen molar-refractivity contribution in [2.75, 3.05) is 20.2 Å². The minimum absolute atomic E-state index is 0.0308. The minimum atomic E-state index is -0.492. The quantitative estimate of drug-likeness (QED) is 0.914. The van der Waals surface area contributed by atoms with Crippen LogP contribution in [0.4, 0.5) is 4.39 Å². The largest absolute Gasteiger partial charge is 0.481 e. The lowest BCUT2D eigenvalue weighted by molar-refractivity contribution is 0.0933. The van der Waals surface area contributed by atoms with Crippen LogP contribution in [0.3, 0.4) is 0 Å². The van der Waals surface area contributed by atoms with Gasteiger partial charge in [0.2, 0.25) is 5.88 Å². The van der Waals surface area contributed by atoms with Crippen molar-refractivity contribution in [1.29, 1.82) is 0 Å². The Morgan fingerprint density at radius 1 is 1.38 bits per heavy atom. The third-order valence-corrected chi connectivity index (χ3v) is 4.14. The highest BCUT2D eigenvalue weighted by atomic mass is 19.1. The summed E-state index contributed by atoms with van der Waals surface area (Å²) in [5, 5.41) is 2.91. The maximum absolute atomic E-state index is 13.7. The predicted octanol–water partition coefficient (Wildman–Crippen LogP) is 2.23. The maximum atomic E-state index is 13.7. The Morgan fingerprint density at radius 3 is 2.92 bits per heavy atom. The van der Waals surface area contributed by atoms with Crippen molar-refractivity contribution in [1.82, 2.24) is 15.2 Å². The summed E-state index contributed by atoms with van der Waals surface area (Å²) in [5.41, 5.74) is 1.19. The van der Waals surface area contributed by atoms with E-state index in [1.54, 1.807) is 25.4 Å². The first kappa shape index (κ1) is 16.4. The lowest BCUT2D eigenvalue weighted by Gasteiger charge is -2.17. The summed E-state index contributed by atoms with van der Waals surface area (Å²) >= 11 is 0. The number of ether oxygens (including phenoxy) is 1. The molecule has 1 saturated heterocycles. The first-order chi connectivity index (χ1) is 11.7. The number of nitrogens with zero attached hydrogens (tertiary/aromatic N) is 2. The second kappa shape index (κ2) is 7.40. The van der Waals surface area contributed by atoms with Crippen LogP contribution < -0.4 is 10.1 Å². The zero-order valence-corrected chi connectivity index (χ0v) is 13.5. The van der Waals surface area contributed by atoms with E-state index in [4.69, 9.17) is 4.74 Å². The summed E-state index contributed by atoms with van der Waals surface area (Å²) in [6.07, 6.45) is 2.65. The second-order valence-electron chi connectivity index (χ2n) is 5.88. The molecule has 2 aromatic rings. The summed E-state index contributed by atoms with van der Waals surface area (Å²) in [7, 11) is 1.59. The fraction of sp³-hybridized carbons (Fsp3) is 0.333. The van der Waals surface area contributed by atoms with Gasteiger partial charge in [0, 0.05) is 37.9 Å². The van der Waals surface area contributed by atoms with Crippen molar-refractivity contribution in [3.63, 3.8) is 0 Å². The smallest absolute Gasteiger partial charge is 0.254 e. The molecule has 0 spiro atoms. The molecule has 1 aromatic heterocycles. The van der Waals surface area contributed by atoms with Gasteiger partial charge >= 0.3 is 0 Å². The average Bonchev–Trinajstić information content (AvgIpc) is 3.02. The highest BCUT2D eigenvalue weighted by Crippen LogP contribution is 2.15. The highest BCUT2D eigenvalue weighted by Gasteiger charge is 2.25. The van der Waals surface area contributed by atoms with E-state index in [9.17, 15) is 9.18 Å². The van der Waals surface area contributed by atoms with Gasteiger partial charge in [0.25, 0.3) is 5.91 Å². The fourth-order valence-electron chi connectivity index (χ4n) is 2.89. The van der Waals surface area contributed by atoms with Crippen molar-refractivity contribution in [2.24, 2.45) is 0 Å². The molecule has 6 heteroatoms. The van der Waals surface area contributed by atoms with Crippen LogP contribution in [-0.4, -0.2) is 42.0 Å². The molecule has 1 N–H and O–H groups in total. The fourth-order valence-corrected chi connectivity index (χ4v) is 2.89. The van der Waals surface area contributed by atoms with Crippen LogP contribution >= 0.6 is 0 Å². The van der Waals surface area contributed by atoms with Crippen molar-refractivity contribution in [2.45, 2.75) is 19.0 Å². The summed E-state index contributed by atoms with van der Waals surface area (Å²) in [6.45, 7) is 2.39. The molecule has 1 aliphatic heterocycles. The molecular weight excluding hydrogens is 309 g/mol. The molecule has 2 heterocycles. The van der Waals surface area contributed by atoms with E-state index in [1.165, 1.54) is 12.1 Å². The van der Waals surface area contributed by atoms with Crippen molar-refractivity contribution < 1.29 is 13.9 Å². The predicted molar refractivity (Wildman–Crippen MR) is 88.3 cm³/mol. The highest BCUT2D eigenvalue weighted by molar-refractivity contribution is 5.94. The molecule has 0 bridgehead atoms. The Labute approximate surface area is 140 Å². The van der Waals surface area contributed by atoms with Gasteiger partial charge in [0.05, 0.1) is 12.7 Å². The third kappa shape index (κ3) is 3.89. The molecule has 0 aliphatic carbocycles. The van der Waals surface area contributed by atoms with Gasteiger partial charge in [-0.2, -0.15) is 0 Å². The number of likely N-dealkylation sites (tertiary alicyclic amines) is 1. The van der Waals surface area contributed by atoms with E-state index in [-0.39, 0.29) is 17.5 Å². The number of benzene rings is 1. The number of amides is 1. The first-order valence-electron chi connectivity index (χ1n) is 7.92. The molecule has 5 nitrogen and oxygen atoms in total. The first-order valence-corrected chi connectivity index (χ1v) is 7.92. The van der Waals surface area contributed by atoms with Gasteiger partial charge in [-0.05, 0) is 24.1 Å². The zero-order valence-electron chi connectivity index (χ0n) is 13.5. The third-order valence-electron chi connectivity index (χ3n) is 4.14. The second-order valence-corrected chi connectivity index (χ2v) is 5.88. The maximum Gasteiger partial charge on any atom is 0.254 e. The van der Waals surface area contributed by atoms with Gasteiger partial charge in [-0.3, -0.25) is 9.69 Å². The lowest BCUT2D eigenvalue weighted by Crippen LogP contribution is -2.37. The van der Waals surface area contributed by atoms with Crippen LogP contribution in [0.15, 0.2) is 42.6 Å². The Balaban J connectivity index is 1.53. The van der Waals surface area contributed by atoms with Crippen molar-refractivity contribution in [3.05, 3.63) is 59.5 Å². The van der Waals surface area contributed by atoms with Gasteiger partial charge in [-0.25, -0.2) is 9.37 Å². The molecule has 0 radical (unpaired) electrons. The number of methoxy groups -OCH3 is 1. The summed E-state index contributed by atoms with van der Waals surface area (Å²) in [6, 6.07) is 9.89. The molecule has 126 valence electrons. The van der Waals surface area contributed by atoms with E-state index < -0.39 is 5.82 Å². The van der Waals surface area contributed by atoms with E-state index in [2.05, 4.69) is 15.2 Å². The lowest BCUT2D eigenvalue weighted by atomic mass is 10.1. The molecule has 1 fully saturated rings. The van der Waals surface area contributed by atoms with Crippen LogP contribution in [0, 0.1) is 5.82 Å². The number of nitrogens with one attached hydrogen (secondary N) is 1. The number of hydrogen-bond donors (Lipinski definition) is 1. The Kier molecular flexibility index (Phi) is 5.05. The van der Waals surface area contributed by atoms with Crippen LogP contribution in [0.2, 0.25) is 0 Å². The van der Waals surface area contributed by atoms with Gasteiger partial charge in [0.15, 0.2) is 0 Å². The van der Waals surface area contributed by atoms with E-state index in [0.717, 1.165) is 31.6 Å². The summed E-state index contributed by atoms with van der Waals surface area (Å²) in [4.78, 5) is 18.6. The van der Waals surface area contributed by atoms with Crippen LogP contribution in [0.25, 0.3) is 0 Å². The SMILES string of the molecule is COc1ccc(CN2CC[C@@H](NC(=O)c3ccccc3F)C2)cn1. The normalized spacial score (nSPS) is 17.7. The Hall–Kier alpha value is -2.47. The Bertz CT molecular complexity index is 706. The Morgan fingerprint density at radius 2 is 2.21 bits per heavy atom. The molecule has 24 heavy (non-hydrogen) atoms. The van der Waals surface area contributed by atoms with Crippen LogP contribution in [0.1, 0.15) is 22.3 Å². The molecule has 3 rings (SSSR count). The number of hydrogen-bond acceptors (Lipinski definition) is 4. The average molecular weight is 329 g/mol. The molecular formula is C18H20FN3O2. The molecule has 0 saturated carbocycles. The van der Waals surface area contributed by atoms with Crippen molar-refractivity contribution in [3.8, 4) is 5.88 Å². The van der Waals surface area contributed by atoms with Crippen LogP contribution in [0.5, 0.6) is 5.88 Å². The topological polar surface area (TPSA) is 54.5 Å². The van der Waals surface area contributed by atoms with Gasteiger partial charge in [-0.1, -0.05) is 18.2 Å². The minimum Gasteiger partial charge on any atom is -0.481 e. The van der Waals surface area contributed by atoms with Gasteiger partial charge in [-0.15, -0.1) is 0 Å². The molecule has 1 aliphatic rings. The monoisotopic (exact) mass is 329 g/mol. The van der Waals surface area contributed by atoms with E-state index >= 15 is 0 Å². The molecule has 1 aromatic carbocycles. The number of halogens is 1. The van der Waals surface area contributed by atoms with E-state index in [1.807, 2.05) is 12.1 Å². The summed E-state index contributed by atoms with van der Waals surface area (Å²) in [5.74, 6) is -0.254. The van der Waals surface area contributed by atoms with E-state index in [0.29, 0.717) is 5.88 Å². The zero-order chi connectivity index (χ0) is 16.9. The number of aromatic nitrogens is 1. The number of carbonyl (C=O) groups excluding carboxylic acids is 1. The van der Waals surface area contributed by atoms with Gasteiger partial charge in [0.1, 0.15) is 5.82 Å². The number of carbonyl (C=O) groups is 1.